The molecule has 1 fully saturated rings. The highest BCUT2D eigenvalue weighted by molar-refractivity contribution is 5.82. The minimum absolute atomic E-state index is 0.00973. The second kappa shape index (κ2) is 7.43. The number of morpholine rings is 1. The van der Waals surface area contributed by atoms with E-state index in [0.29, 0.717) is 13.2 Å². The van der Waals surface area contributed by atoms with Crippen molar-refractivity contribution in [2.24, 2.45) is 0 Å². The summed E-state index contributed by atoms with van der Waals surface area (Å²) in [4.78, 5) is 14.4. The van der Waals surface area contributed by atoms with Crippen LogP contribution >= 0.6 is 0 Å². The van der Waals surface area contributed by atoms with Crippen molar-refractivity contribution in [1.82, 2.24) is 10.6 Å². The smallest absolute Gasteiger partial charge is 0.239 e. The third-order valence-electron chi connectivity index (χ3n) is 4.00. The number of hydrogen-bond acceptors (Lipinski definition) is 4. The summed E-state index contributed by atoms with van der Waals surface area (Å²) in [6.45, 7) is 6.02. The Kier molecular flexibility index (Phi) is 5.59. The van der Waals surface area contributed by atoms with Crippen molar-refractivity contribution >= 4 is 11.6 Å². The third-order valence-corrected chi connectivity index (χ3v) is 4.00. The van der Waals surface area contributed by atoms with Gasteiger partial charge in [-0.1, -0.05) is 18.2 Å². The number of benzene rings is 1. The van der Waals surface area contributed by atoms with Crippen LogP contribution in [0.25, 0.3) is 0 Å². The molecule has 3 atom stereocenters. The van der Waals surface area contributed by atoms with Crippen LogP contribution in [0.5, 0.6) is 0 Å². The van der Waals surface area contributed by atoms with Crippen molar-refractivity contribution < 1.29 is 9.53 Å². The first-order valence-corrected chi connectivity index (χ1v) is 7.50. The zero-order valence-corrected chi connectivity index (χ0v) is 13.0. The lowest BCUT2D eigenvalue weighted by Crippen LogP contribution is -2.56. The van der Waals surface area contributed by atoms with E-state index in [0.717, 1.165) is 12.2 Å². The molecule has 1 unspecified atom stereocenters. The number of carbonyl (C=O) groups is 1. The Bertz CT molecular complexity index is 452. The van der Waals surface area contributed by atoms with Crippen LogP contribution in [-0.4, -0.2) is 50.8 Å². The fourth-order valence-corrected chi connectivity index (χ4v) is 2.44. The highest BCUT2D eigenvalue weighted by Gasteiger charge is 2.28. The predicted molar refractivity (Wildman–Crippen MR) is 84.5 cm³/mol. The van der Waals surface area contributed by atoms with E-state index in [-0.39, 0.29) is 24.1 Å². The van der Waals surface area contributed by atoms with E-state index >= 15 is 0 Å². The van der Waals surface area contributed by atoms with E-state index in [1.165, 1.54) is 0 Å². The number of para-hydroxylation sites is 1. The molecule has 1 heterocycles. The van der Waals surface area contributed by atoms with E-state index in [1.807, 2.05) is 32.2 Å². The van der Waals surface area contributed by atoms with Crippen LogP contribution < -0.4 is 15.5 Å². The molecule has 2 N–H and O–H groups in total. The SMILES string of the molecule is CC(CNC(=O)[C@H]1NCCO[C@@H]1C)N(C)c1ccccc1. The van der Waals surface area contributed by atoms with Gasteiger partial charge in [-0.15, -0.1) is 0 Å². The van der Waals surface area contributed by atoms with E-state index < -0.39 is 0 Å². The van der Waals surface area contributed by atoms with E-state index in [9.17, 15) is 4.79 Å². The molecule has 1 aromatic rings. The quantitative estimate of drug-likeness (QED) is 0.850. The van der Waals surface area contributed by atoms with Gasteiger partial charge in [0.1, 0.15) is 6.04 Å². The van der Waals surface area contributed by atoms with Crippen LogP contribution in [0.4, 0.5) is 5.69 Å². The molecule has 1 aromatic carbocycles. The van der Waals surface area contributed by atoms with Crippen LogP contribution in [-0.2, 0) is 9.53 Å². The standard InChI is InChI=1S/C16H25N3O2/c1-12(19(3)14-7-5-4-6-8-14)11-18-16(20)15-13(2)21-10-9-17-15/h4-8,12-13,15,17H,9-11H2,1-3H3,(H,18,20)/t12?,13-,15+/m1/s1. The van der Waals surface area contributed by atoms with Gasteiger partial charge in [0.25, 0.3) is 0 Å². The Balaban J connectivity index is 1.83. The number of likely N-dealkylation sites (N-methyl/N-ethyl adjacent to an activating group) is 1. The largest absolute Gasteiger partial charge is 0.375 e. The topological polar surface area (TPSA) is 53.6 Å². The van der Waals surface area contributed by atoms with Crippen molar-refractivity contribution in [1.29, 1.82) is 0 Å². The minimum atomic E-state index is -0.256. The fourth-order valence-electron chi connectivity index (χ4n) is 2.44. The first-order valence-electron chi connectivity index (χ1n) is 7.50. The highest BCUT2D eigenvalue weighted by Crippen LogP contribution is 2.13. The van der Waals surface area contributed by atoms with Gasteiger partial charge in [0.2, 0.25) is 5.91 Å². The summed E-state index contributed by atoms with van der Waals surface area (Å²) in [6.07, 6.45) is -0.0825. The lowest BCUT2D eigenvalue weighted by atomic mass is 10.1. The first-order chi connectivity index (χ1) is 10.1. The second-order valence-corrected chi connectivity index (χ2v) is 5.55. The molecule has 1 aliphatic heterocycles. The Morgan fingerprint density at radius 1 is 1.48 bits per heavy atom. The molecule has 2 rings (SSSR count). The van der Waals surface area contributed by atoms with Gasteiger partial charge < -0.3 is 20.3 Å². The number of hydrogen-bond donors (Lipinski definition) is 2. The molecule has 0 radical (unpaired) electrons. The number of anilines is 1. The molecule has 1 saturated heterocycles. The first kappa shape index (κ1) is 15.8. The zero-order chi connectivity index (χ0) is 15.2. The van der Waals surface area contributed by atoms with Crippen molar-refractivity contribution in [2.45, 2.75) is 32.0 Å². The normalized spacial score (nSPS) is 23.4. The van der Waals surface area contributed by atoms with Crippen molar-refractivity contribution in [3.63, 3.8) is 0 Å². The van der Waals surface area contributed by atoms with Crippen molar-refractivity contribution in [3.05, 3.63) is 30.3 Å². The molecular weight excluding hydrogens is 266 g/mol. The number of nitrogens with one attached hydrogen (secondary N) is 2. The molecule has 5 heteroatoms. The Morgan fingerprint density at radius 3 is 2.86 bits per heavy atom. The molecule has 21 heavy (non-hydrogen) atoms. The molecular formula is C16H25N3O2. The fraction of sp³-hybridized carbons (Fsp3) is 0.562. The second-order valence-electron chi connectivity index (χ2n) is 5.55. The maximum atomic E-state index is 12.2. The summed E-state index contributed by atoms with van der Waals surface area (Å²) in [5, 5.41) is 6.21. The molecule has 0 aromatic heterocycles. The minimum Gasteiger partial charge on any atom is -0.375 e. The van der Waals surface area contributed by atoms with Gasteiger partial charge in [-0.3, -0.25) is 4.79 Å². The maximum Gasteiger partial charge on any atom is 0.239 e. The zero-order valence-electron chi connectivity index (χ0n) is 13.0. The average molecular weight is 291 g/mol. The molecule has 116 valence electrons. The van der Waals surface area contributed by atoms with Crippen LogP contribution in [0, 0.1) is 0 Å². The van der Waals surface area contributed by atoms with E-state index in [2.05, 4.69) is 34.6 Å². The molecule has 0 spiro atoms. The van der Waals surface area contributed by atoms with Crippen LogP contribution in [0.2, 0.25) is 0 Å². The Labute approximate surface area is 126 Å². The summed E-state index contributed by atoms with van der Waals surface area (Å²) in [6, 6.07) is 10.1. The van der Waals surface area contributed by atoms with Crippen molar-refractivity contribution in [2.75, 3.05) is 31.6 Å². The van der Waals surface area contributed by atoms with Gasteiger partial charge in [0.15, 0.2) is 0 Å². The van der Waals surface area contributed by atoms with Crippen LogP contribution in [0.15, 0.2) is 30.3 Å². The summed E-state index contributed by atoms with van der Waals surface area (Å²) >= 11 is 0. The molecule has 1 aliphatic rings. The average Bonchev–Trinajstić information content (AvgIpc) is 2.52. The molecule has 0 bridgehead atoms. The Hall–Kier alpha value is -1.59. The molecule has 5 nitrogen and oxygen atoms in total. The Morgan fingerprint density at radius 2 is 2.19 bits per heavy atom. The molecule has 0 saturated carbocycles. The number of rotatable bonds is 5. The third kappa shape index (κ3) is 4.19. The van der Waals surface area contributed by atoms with Gasteiger partial charge in [-0.05, 0) is 26.0 Å². The number of carbonyl (C=O) groups excluding carboxylic acids is 1. The number of ether oxygens (including phenoxy) is 1. The summed E-state index contributed by atoms with van der Waals surface area (Å²) < 4.78 is 5.50. The van der Waals surface area contributed by atoms with Gasteiger partial charge >= 0.3 is 0 Å². The lowest BCUT2D eigenvalue weighted by Gasteiger charge is -2.31. The number of nitrogens with zero attached hydrogens (tertiary/aromatic N) is 1. The summed E-state index contributed by atoms with van der Waals surface area (Å²) in [5.41, 5.74) is 1.15. The van der Waals surface area contributed by atoms with Gasteiger partial charge in [0, 0.05) is 31.9 Å². The van der Waals surface area contributed by atoms with E-state index in [1.54, 1.807) is 0 Å². The van der Waals surface area contributed by atoms with Gasteiger partial charge in [0.05, 0.1) is 12.7 Å². The lowest BCUT2D eigenvalue weighted by molar-refractivity contribution is -0.128. The molecule has 0 aliphatic carbocycles. The van der Waals surface area contributed by atoms with E-state index in [4.69, 9.17) is 4.74 Å². The summed E-state index contributed by atoms with van der Waals surface area (Å²) in [5.74, 6) is 0.00973. The maximum absolute atomic E-state index is 12.2. The predicted octanol–water partition coefficient (Wildman–Crippen LogP) is 1.00. The monoisotopic (exact) mass is 291 g/mol. The van der Waals surface area contributed by atoms with Gasteiger partial charge in [-0.2, -0.15) is 0 Å². The molecule has 1 amide bonds. The van der Waals surface area contributed by atoms with Crippen LogP contribution in [0.1, 0.15) is 13.8 Å². The highest BCUT2D eigenvalue weighted by atomic mass is 16.5. The number of amides is 1. The summed E-state index contributed by atoms with van der Waals surface area (Å²) in [7, 11) is 2.04. The van der Waals surface area contributed by atoms with Crippen LogP contribution in [0.3, 0.4) is 0 Å². The van der Waals surface area contributed by atoms with Gasteiger partial charge in [-0.25, -0.2) is 0 Å². The van der Waals surface area contributed by atoms with Crippen molar-refractivity contribution in [3.8, 4) is 0 Å².